The van der Waals surface area contributed by atoms with Crippen LogP contribution in [0.25, 0.3) is 0 Å². The zero-order chi connectivity index (χ0) is 18.8. The first-order chi connectivity index (χ1) is 12.4. The molecule has 0 saturated heterocycles. The maximum absolute atomic E-state index is 12.2. The minimum Gasteiger partial charge on any atom is -0.433 e. The molecule has 3 amide bonds. The predicted octanol–water partition coefficient (Wildman–Crippen LogP) is 3.18. The molecule has 0 unspecified atom stereocenters. The SMILES string of the molecule is O=C(CN1C(=O)c2ccccc2C1=O)Nc1ccc(OC(F)F)c(Cl)c1. The first-order valence-electron chi connectivity index (χ1n) is 7.36. The molecule has 3 rings (SSSR count). The lowest BCUT2D eigenvalue weighted by atomic mass is 10.1. The van der Waals surface area contributed by atoms with Crippen LogP contribution in [-0.2, 0) is 4.79 Å². The molecule has 0 saturated carbocycles. The van der Waals surface area contributed by atoms with E-state index < -0.39 is 30.9 Å². The van der Waals surface area contributed by atoms with Crippen molar-refractivity contribution in [1.29, 1.82) is 0 Å². The Labute approximate surface area is 151 Å². The lowest BCUT2D eigenvalue weighted by Gasteiger charge is -2.14. The van der Waals surface area contributed by atoms with Gasteiger partial charge in [0.05, 0.1) is 16.1 Å². The van der Waals surface area contributed by atoms with E-state index in [4.69, 9.17) is 11.6 Å². The van der Waals surface area contributed by atoms with Crippen LogP contribution in [0.5, 0.6) is 5.75 Å². The average molecular weight is 381 g/mol. The van der Waals surface area contributed by atoms with Gasteiger partial charge in [-0.2, -0.15) is 8.78 Å². The number of nitrogens with one attached hydrogen (secondary N) is 1. The first kappa shape index (κ1) is 17.8. The number of halogens is 3. The molecule has 0 aromatic heterocycles. The van der Waals surface area contributed by atoms with E-state index in [9.17, 15) is 23.2 Å². The van der Waals surface area contributed by atoms with Crippen LogP contribution >= 0.6 is 11.6 Å². The molecule has 0 atom stereocenters. The highest BCUT2D eigenvalue weighted by Crippen LogP contribution is 2.29. The number of fused-ring (bicyclic) bond motifs is 1. The molecule has 9 heteroatoms. The van der Waals surface area contributed by atoms with E-state index in [2.05, 4.69) is 10.1 Å². The summed E-state index contributed by atoms with van der Waals surface area (Å²) in [6.45, 7) is -3.51. The van der Waals surface area contributed by atoms with E-state index in [1.165, 1.54) is 30.3 Å². The molecule has 0 aliphatic carbocycles. The Balaban J connectivity index is 1.68. The van der Waals surface area contributed by atoms with Gasteiger partial charge < -0.3 is 10.1 Å². The van der Waals surface area contributed by atoms with Crippen LogP contribution in [0.15, 0.2) is 42.5 Å². The van der Waals surface area contributed by atoms with Gasteiger partial charge >= 0.3 is 6.61 Å². The summed E-state index contributed by atoms with van der Waals surface area (Å²) in [5.74, 6) is -1.99. The van der Waals surface area contributed by atoms with Crippen molar-refractivity contribution >= 4 is 35.0 Å². The zero-order valence-electron chi connectivity index (χ0n) is 13.0. The molecule has 1 heterocycles. The second-order valence-electron chi connectivity index (χ2n) is 5.31. The molecule has 0 radical (unpaired) electrons. The standard InChI is InChI=1S/C17H11ClF2N2O4/c18-12-7-9(5-6-13(12)26-17(19)20)21-14(23)8-22-15(24)10-3-1-2-4-11(10)16(22)25/h1-7,17H,8H2,(H,21,23). The number of carbonyl (C=O) groups is 3. The number of ether oxygens (including phenoxy) is 1. The highest BCUT2D eigenvalue weighted by molar-refractivity contribution is 6.32. The van der Waals surface area contributed by atoms with Gasteiger partial charge in [-0.3, -0.25) is 19.3 Å². The van der Waals surface area contributed by atoms with E-state index in [1.807, 2.05) is 0 Å². The van der Waals surface area contributed by atoms with Crippen molar-refractivity contribution in [2.24, 2.45) is 0 Å². The van der Waals surface area contributed by atoms with Crippen LogP contribution in [0.3, 0.4) is 0 Å². The molecule has 0 spiro atoms. The molecule has 6 nitrogen and oxygen atoms in total. The summed E-state index contributed by atoms with van der Waals surface area (Å²) in [5.41, 5.74) is 0.682. The Morgan fingerprint density at radius 2 is 1.73 bits per heavy atom. The minimum atomic E-state index is -3.03. The molecule has 2 aromatic carbocycles. The molecule has 134 valence electrons. The fourth-order valence-electron chi connectivity index (χ4n) is 2.50. The summed E-state index contributed by atoms with van der Waals surface area (Å²) in [6, 6.07) is 9.97. The van der Waals surface area contributed by atoms with Crippen molar-refractivity contribution in [2.45, 2.75) is 6.61 Å². The summed E-state index contributed by atoms with van der Waals surface area (Å²) >= 11 is 5.81. The Hall–Kier alpha value is -3.00. The molecule has 1 N–H and O–H groups in total. The van der Waals surface area contributed by atoms with Gasteiger partial charge in [0.15, 0.2) is 0 Å². The third kappa shape index (κ3) is 3.50. The highest BCUT2D eigenvalue weighted by Gasteiger charge is 2.36. The molecule has 26 heavy (non-hydrogen) atoms. The van der Waals surface area contributed by atoms with Crippen molar-refractivity contribution in [2.75, 3.05) is 11.9 Å². The number of carbonyl (C=O) groups excluding carboxylic acids is 3. The second-order valence-corrected chi connectivity index (χ2v) is 5.72. The topological polar surface area (TPSA) is 75.7 Å². The number of alkyl halides is 2. The number of imide groups is 1. The molecule has 0 fully saturated rings. The summed E-state index contributed by atoms with van der Waals surface area (Å²) in [5, 5.41) is 2.32. The molecule has 0 bridgehead atoms. The van der Waals surface area contributed by atoms with Gasteiger partial charge in [-0.1, -0.05) is 23.7 Å². The fourth-order valence-corrected chi connectivity index (χ4v) is 2.72. The first-order valence-corrected chi connectivity index (χ1v) is 7.74. The highest BCUT2D eigenvalue weighted by atomic mass is 35.5. The number of rotatable bonds is 5. The fraction of sp³-hybridized carbons (Fsp3) is 0.118. The van der Waals surface area contributed by atoms with Crippen LogP contribution in [0.2, 0.25) is 5.02 Å². The van der Waals surface area contributed by atoms with Crippen molar-refractivity contribution in [3.8, 4) is 5.75 Å². The Morgan fingerprint density at radius 1 is 1.12 bits per heavy atom. The zero-order valence-corrected chi connectivity index (χ0v) is 13.8. The van der Waals surface area contributed by atoms with Crippen molar-refractivity contribution in [1.82, 2.24) is 4.90 Å². The predicted molar refractivity (Wildman–Crippen MR) is 88.5 cm³/mol. The van der Waals surface area contributed by atoms with Gasteiger partial charge in [-0.05, 0) is 30.3 Å². The van der Waals surface area contributed by atoms with Crippen molar-refractivity contribution in [3.05, 3.63) is 58.6 Å². The number of benzene rings is 2. The van der Waals surface area contributed by atoms with Crippen molar-refractivity contribution < 1.29 is 27.9 Å². The number of amides is 3. The maximum atomic E-state index is 12.2. The van der Waals surface area contributed by atoms with Gasteiger partial charge in [-0.25, -0.2) is 0 Å². The van der Waals surface area contributed by atoms with Crippen LogP contribution in [0.1, 0.15) is 20.7 Å². The molecule has 2 aromatic rings. The van der Waals surface area contributed by atoms with Gasteiger partial charge in [0.1, 0.15) is 12.3 Å². The maximum Gasteiger partial charge on any atom is 0.387 e. The molecule has 1 aliphatic rings. The summed E-state index contributed by atoms with van der Waals surface area (Å²) in [4.78, 5) is 37.4. The van der Waals surface area contributed by atoms with Crippen LogP contribution < -0.4 is 10.1 Å². The quantitative estimate of drug-likeness (QED) is 0.808. The number of anilines is 1. The van der Waals surface area contributed by atoms with E-state index >= 15 is 0 Å². The van der Waals surface area contributed by atoms with Gasteiger partial charge in [0.25, 0.3) is 11.8 Å². The Morgan fingerprint density at radius 3 is 2.27 bits per heavy atom. The third-order valence-electron chi connectivity index (χ3n) is 3.61. The van der Waals surface area contributed by atoms with E-state index in [0.29, 0.717) is 0 Å². The van der Waals surface area contributed by atoms with Crippen LogP contribution in [-0.4, -0.2) is 35.8 Å². The van der Waals surface area contributed by atoms with E-state index in [1.54, 1.807) is 12.1 Å². The lowest BCUT2D eigenvalue weighted by Crippen LogP contribution is -2.37. The van der Waals surface area contributed by atoms with E-state index in [-0.39, 0.29) is 27.6 Å². The monoisotopic (exact) mass is 380 g/mol. The number of hydrogen-bond donors (Lipinski definition) is 1. The molecular formula is C17H11ClF2N2O4. The third-order valence-corrected chi connectivity index (χ3v) is 3.91. The van der Waals surface area contributed by atoms with E-state index in [0.717, 1.165) is 4.90 Å². The summed E-state index contributed by atoms with van der Waals surface area (Å²) in [6.07, 6.45) is 0. The van der Waals surface area contributed by atoms with Crippen LogP contribution in [0.4, 0.5) is 14.5 Å². The number of hydrogen-bond acceptors (Lipinski definition) is 4. The Kier molecular flexibility index (Phi) is 4.85. The number of nitrogens with zero attached hydrogens (tertiary/aromatic N) is 1. The van der Waals surface area contributed by atoms with Gasteiger partial charge in [-0.15, -0.1) is 0 Å². The van der Waals surface area contributed by atoms with Crippen LogP contribution in [0, 0.1) is 0 Å². The largest absolute Gasteiger partial charge is 0.433 e. The average Bonchev–Trinajstić information content (AvgIpc) is 2.82. The Bertz CT molecular complexity index is 869. The summed E-state index contributed by atoms with van der Waals surface area (Å²) < 4.78 is 28.6. The molecule has 1 aliphatic heterocycles. The lowest BCUT2D eigenvalue weighted by molar-refractivity contribution is -0.116. The smallest absolute Gasteiger partial charge is 0.387 e. The minimum absolute atomic E-state index is 0.121. The van der Waals surface area contributed by atoms with Crippen molar-refractivity contribution in [3.63, 3.8) is 0 Å². The normalized spacial score (nSPS) is 13.2. The molecular weight excluding hydrogens is 370 g/mol. The summed E-state index contributed by atoms with van der Waals surface area (Å²) in [7, 11) is 0. The second kappa shape index (κ2) is 7.09. The van der Waals surface area contributed by atoms with Gasteiger partial charge in [0, 0.05) is 5.69 Å². The van der Waals surface area contributed by atoms with Gasteiger partial charge in [0.2, 0.25) is 5.91 Å².